The first-order chi connectivity index (χ1) is 7.26. The maximum Gasteiger partial charge on any atom is 0.305 e. The van der Waals surface area contributed by atoms with Gasteiger partial charge in [-0.2, -0.15) is 0 Å². The van der Waals surface area contributed by atoms with Crippen molar-refractivity contribution in [3.8, 4) is 0 Å². The number of carboxylic acids is 1. The lowest BCUT2D eigenvalue weighted by Gasteiger charge is -2.19. The molecule has 0 aromatic carbocycles. The van der Waals surface area contributed by atoms with Crippen LogP contribution in [0.2, 0.25) is 0 Å². The summed E-state index contributed by atoms with van der Waals surface area (Å²) in [6, 6.07) is 0. The fourth-order valence-corrected chi connectivity index (χ4v) is 1.67. The highest BCUT2D eigenvalue weighted by Crippen LogP contribution is 1.99. The summed E-state index contributed by atoms with van der Waals surface area (Å²) in [5, 5.41) is 8.46. The van der Waals surface area contributed by atoms with Crippen LogP contribution in [0.1, 0.15) is 19.8 Å². The van der Waals surface area contributed by atoms with Crippen LogP contribution < -0.4 is 0 Å². The van der Waals surface area contributed by atoms with Gasteiger partial charge in [0, 0.05) is 25.8 Å². The molecule has 94 valence electrons. The van der Waals surface area contributed by atoms with Crippen molar-refractivity contribution in [1.82, 2.24) is 4.90 Å². The molecule has 0 aromatic heterocycles. The third-order valence-electron chi connectivity index (χ3n) is 2.02. The van der Waals surface area contributed by atoms with Crippen LogP contribution >= 0.6 is 0 Å². The molecule has 0 unspecified atom stereocenters. The zero-order valence-corrected chi connectivity index (χ0v) is 10.3. The van der Waals surface area contributed by atoms with Gasteiger partial charge in [0.2, 0.25) is 5.91 Å². The fourth-order valence-electron chi connectivity index (χ4n) is 1.12. The predicted molar refractivity (Wildman–Crippen MR) is 58.8 cm³/mol. The number of amides is 1. The molecule has 0 aromatic rings. The first-order valence-corrected chi connectivity index (χ1v) is 6.99. The molecule has 0 aliphatic rings. The Labute approximate surface area is 95.2 Å². The van der Waals surface area contributed by atoms with Crippen molar-refractivity contribution in [3.05, 3.63) is 0 Å². The third kappa shape index (κ3) is 7.22. The summed E-state index contributed by atoms with van der Waals surface area (Å²) in [5.41, 5.74) is 0. The average molecular weight is 251 g/mol. The van der Waals surface area contributed by atoms with E-state index < -0.39 is 15.8 Å². The molecule has 16 heavy (non-hydrogen) atoms. The fraction of sp³-hybridized carbons (Fsp3) is 0.778. The summed E-state index contributed by atoms with van der Waals surface area (Å²) < 4.78 is 21.7. The van der Waals surface area contributed by atoms with Crippen molar-refractivity contribution in [2.75, 3.05) is 25.1 Å². The van der Waals surface area contributed by atoms with Crippen molar-refractivity contribution < 1.29 is 23.1 Å². The van der Waals surface area contributed by atoms with Gasteiger partial charge >= 0.3 is 5.97 Å². The first kappa shape index (κ1) is 14.9. The van der Waals surface area contributed by atoms with Crippen LogP contribution in [0.4, 0.5) is 0 Å². The Morgan fingerprint density at radius 1 is 1.25 bits per heavy atom. The van der Waals surface area contributed by atoms with Gasteiger partial charge in [0.1, 0.15) is 9.84 Å². The van der Waals surface area contributed by atoms with E-state index in [1.807, 2.05) is 0 Å². The highest BCUT2D eigenvalue weighted by Gasteiger charge is 2.15. The Morgan fingerprint density at radius 3 is 2.19 bits per heavy atom. The standard InChI is InChI=1S/C9H17NO5S/c1-3-10(6-4-9(12)13)8(11)5-7-16(2,14)15/h3-7H2,1-2H3,(H,12,13). The lowest BCUT2D eigenvalue weighted by molar-refractivity contribution is -0.138. The van der Waals surface area contributed by atoms with Crippen LogP contribution in [0.5, 0.6) is 0 Å². The maximum atomic E-state index is 11.5. The zero-order valence-electron chi connectivity index (χ0n) is 9.47. The molecule has 0 rings (SSSR count). The van der Waals surface area contributed by atoms with Gasteiger partial charge in [-0.3, -0.25) is 9.59 Å². The van der Waals surface area contributed by atoms with E-state index in [1.165, 1.54) is 4.90 Å². The SMILES string of the molecule is CCN(CCC(=O)O)C(=O)CCS(C)(=O)=O. The Kier molecular flexibility index (Phi) is 6.02. The van der Waals surface area contributed by atoms with E-state index in [0.717, 1.165) is 6.26 Å². The number of hydrogen-bond donors (Lipinski definition) is 1. The van der Waals surface area contributed by atoms with Crippen molar-refractivity contribution >= 4 is 21.7 Å². The van der Waals surface area contributed by atoms with Crippen molar-refractivity contribution in [1.29, 1.82) is 0 Å². The van der Waals surface area contributed by atoms with Crippen LogP contribution in [0.25, 0.3) is 0 Å². The molecule has 0 aliphatic heterocycles. The molecular weight excluding hydrogens is 234 g/mol. The third-order valence-corrected chi connectivity index (χ3v) is 2.96. The number of carbonyl (C=O) groups excluding carboxylic acids is 1. The Balaban J connectivity index is 4.16. The monoisotopic (exact) mass is 251 g/mol. The summed E-state index contributed by atoms with van der Waals surface area (Å²) >= 11 is 0. The van der Waals surface area contributed by atoms with Crippen molar-refractivity contribution in [3.63, 3.8) is 0 Å². The molecule has 0 radical (unpaired) electrons. The highest BCUT2D eigenvalue weighted by atomic mass is 32.2. The number of aliphatic carboxylic acids is 1. The number of carbonyl (C=O) groups is 2. The minimum atomic E-state index is -3.16. The number of rotatable bonds is 7. The molecule has 0 aliphatic carbocycles. The van der Waals surface area contributed by atoms with Gasteiger partial charge in [-0.15, -0.1) is 0 Å². The predicted octanol–water partition coefficient (Wildman–Crippen LogP) is -0.256. The van der Waals surface area contributed by atoms with E-state index in [2.05, 4.69) is 0 Å². The Hall–Kier alpha value is -1.11. The minimum Gasteiger partial charge on any atom is -0.481 e. The van der Waals surface area contributed by atoms with Gasteiger partial charge in [-0.05, 0) is 6.92 Å². The van der Waals surface area contributed by atoms with E-state index in [1.54, 1.807) is 6.92 Å². The van der Waals surface area contributed by atoms with Gasteiger partial charge < -0.3 is 10.0 Å². The molecule has 0 fully saturated rings. The molecule has 0 heterocycles. The van der Waals surface area contributed by atoms with E-state index >= 15 is 0 Å². The quantitative estimate of drug-likeness (QED) is 0.673. The van der Waals surface area contributed by atoms with Crippen molar-refractivity contribution in [2.24, 2.45) is 0 Å². The lowest BCUT2D eigenvalue weighted by atomic mass is 10.3. The molecule has 0 saturated carbocycles. The number of sulfone groups is 1. The summed E-state index contributed by atoms with van der Waals surface area (Å²) in [6.07, 6.45) is 0.846. The molecule has 6 nitrogen and oxygen atoms in total. The van der Waals surface area contributed by atoms with Gasteiger partial charge in [0.15, 0.2) is 0 Å². The highest BCUT2D eigenvalue weighted by molar-refractivity contribution is 7.90. The topological polar surface area (TPSA) is 91.8 Å². The normalized spacial score (nSPS) is 11.1. The second-order valence-electron chi connectivity index (χ2n) is 3.50. The second-order valence-corrected chi connectivity index (χ2v) is 5.76. The number of hydrogen-bond acceptors (Lipinski definition) is 4. The Bertz CT molecular complexity index is 349. The number of carboxylic acid groups (broad SMARTS) is 1. The summed E-state index contributed by atoms with van der Waals surface area (Å²) in [4.78, 5) is 23.2. The van der Waals surface area contributed by atoms with E-state index in [4.69, 9.17) is 5.11 Å². The molecule has 0 spiro atoms. The smallest absolute Gasteiger partial charge is 0.305 e. The van der Waals surface area contributed by atoms with E-state index in [-0.39, 0.29) is 31.0 Å². The van der Waals surface area contributed by atoms with Crippen molar-refractivity contribution in [2.45, 2.75) is 19.8 Å². The molecule has 1 N–H and O–H groups in total. The average Bonchev–Trinajstić information content (AvgIpc) is 2.14. The minimum absolute atomic E-state index is 0.0910. The van der Waals surface area contributed by atoms with Crippen LogP contribution in [0, 0.1) is 0 Å². The van der Waals surface area contributed by atoms with Crippen LogP contribution in [0.3, 0.4) is 0 Å². The molecule has 7 heteroatoms. The number of nitrogens with zero attached hydrogens (tertiary/aromatic N) is 1. The zero-order chi connectivity index (χ0) is 12.8. The van der Waals surface area contributed by atoms with Gasteiger partial charge in [-0.25, -0.2) is 8.42 Å². The van der Waals surface area contributed by atoms with Gasteiger partial charge in [-0.1, -0.05) is 0 Å². The van der Waals surface area contributed by atoms with E-state index in [0.29, 0.717) is 6.54 Å². The summed E-state index contributed by atoms with van der Waals surface area (Å²) in [6.45, 7) is 2.23. The second kappa shape index (κ2) is 6.47. The largest absolute Gasteiger partial charge is 0.481 e. The summed E-state index contributed by atoms with van der Waals surface area (Å²) in [7, 11) is -3.16. The molecule has 0 saturated heterocycles. The lowest BCUT2D eigenvalue weighted by Crippen LogP contribution is -2.33. The van der Waals surface area contributed by atoms with Gasteiger partial charge in [0.05, 0.1) is 12.2 Å². The molecule has 0 atom stereocenters. The summed E-state index contributed by atoms with van der Waals surface area (Å²) in [5.74, 6) is -1.50. The molecule has 1 amide bonds. The van der Waals surface area contributed by atoms with Crippen LogP contribution in [-0.4, -0.2) is 55.4 Å². The van der Waals surface area contributed by atoms with Crippen LogP contribution in [0.15, 0.2) is 0 Å². The Morgan fingerprint density at radius 2 is 1.81 bits per heavy atom. The van der Waals surface area contributed by atoms with Gasteiger partial charge in [0.25, 0.3) is 0 Å². The first-order valence-electron chi connectivity index (χ1n) is 4.93. The molecule has 0 bridgehead atoms. The maximum absolute atomic E-state index is 11.5. The van der Waals surface area contributed by atoms with Crippen LogP contribution in [-0.2, 0) is 19.4 Å². The van der Waals surface area contributed by atoms with E-state index in [9.17, 15) is 18.0 Å². The molecular formula is C9H17NO5S.